The summed E-state index contributed by atoms with van der Waals surface area (Å²) < 4.78 is 47.4. The molecule has 2 fully saturated rings. The lowest BCUT2D eigenvalue weighted by Gasteiger charge is -2.21. The average molecular weight is 545 g/mol. The second-order valence-electron chi connectivity index (χ2n) is 9.54. The molecule has 2 saturated heterocycles. The summed E-state index contributed by atoms with van der Waals surface area (Å²) in [6, 6.07) is 9.58. The second kappa shape index (κ2) is 10.5. The van der Waals surface area contributed by atoms with Crippen LogP contribution in [0.15, 0.2) is 47.5 Å². The molecule has 2 aliphatic rings. The van der Waals surface area contributed by atoms with E-state index in [0.717, 1.165) is 43.6 Å². The normalized spacial score (nSPS) is 19.9. The minimum atomic E-state index is -4.53. The number of imide groups is 1. The molecule has 1 aromatic heterocycles. The largest absolute Gasteiger partial charge is 0.497 e. The van der Waals surface area contributed by atoms with E-state index in [1.165, 1.54) is 28.8 Å². The first-order valence-corrected chi connectivity index (χ1v) is 13.1. The third-order valence-corrected chi connectivity index (χ3v) is 8.04. The summed E-state index contributed by atoms with van der Waals surface area (Å²) >= 11 is 0.926. The van der Waals surface area contributed by atoms with Gasteiger partial charge in [-0.25, -0.2) is 0 Å². The third kappa shape index (κ3) is 5.30. The summed E-state index contributed by atoms with van der Waals surface area (Å²) in [7, 11) is 3.39. The molecule has 0 spiro atoms. The molecule has 0 bridgehead atoms. The minimum absolute atomic E-state index is 0.0727. The summed E-state index contributed by atoms with van der Waals surface area (Å²) in [5.41, 5.74) is 0.663. The molecule has 11 heteroatoms. The zero-order valence-electron chi connectivity index (χ0n) is 21.0. The Bertz CT molecular complexity index is 1420. The Hall–Kier alpha value is -3.31. The minimum Gasteiger partial charge on any atom is -0.497 e. The number of ether oxygens (including phenoxy) is 1. The molecule has 2 amide bonds. The van der Waals surface area contributed by atoms with Gasteiger partial charge in [-0.3, -0.25) is 19.2 Å². The predicted octanol–water partition coefficient (Wildman–Crippen LogP) is 5.63. The van der Waals surface area contributed by atoms with Gasteiger partial charge in [-0.05, 0) is 86.1 Å². The number of nitrogens with zero attached hydrogens (tertiary/aromatic N) is 4. The van der Waals surface area contributed by atoms with Crippen molar-refractivity contribution in [1.82, 2.24) is 19.6 Å². The van der Waals surface area contributed by atoms with Crippen LogP contribution in [0.2, 0.25) is 0 Å². The molecule has 1 unspecified atom stereocenters. The van der Waals surface area contributed by atoms with E-state index in [4.69, 9.17) is 4.74 Å². The van der Waals surface area contributed by atoms with Gasteiger partial charge in [0.25, 0.3) is 11.1 Å². The van der Waals surface area contributed by atoms with Crippen molar-refractivity contribution in [3.8, 4) is 5.75 Å². The molecular formula is C27H27F3N4O3S. The first-order valence-electron chi connectivity index (χ1n) is 12.3. The molecule has 1 atom stereocenters. The SMILES string of the molecule is COc1ccc(Cn2ncc3cc(C=C4SC(=O)N(CCC5CCCN5C)C4=O)ccc32)c(C(F)(F)F)c1. The fraction of sp³-hybridized carbons (Fsp3) is 0.370. The third-order valence-electron chi connectivity index (χ3n) is 7.14. The van der Waals surface area contributed by atoms with Crippen LogP contribution in [0.25, 0.3) is 17.0 Å². The number of carbonyl (C=O) groups excluding carboxylic acids is 2. The van der Waals surface area contributed by atoms with Crippen molar-refractivity contribution in [2.75, 3.05) is 27.2 Å². The van der Waals surface area contributed by atoms with Gasteiger partial charge in [0.1, 0.15) is 5.75 Å². The summed E-state index contributed by atoms with van der Waals surface area (Å²) in [6.07, 6.45) is 1.69. The van der Waals surface area contributed by atoms with E-state index >= 15 is 0 Å². The number of amides is 2. The van der Waals surface area contributed by atoms with Crippen LogP contribution in [0.3, 0.4) is 0 Å². The standard InChI is InChI=1S/C27H27F3N4O3S/c1-32-10-3-4-20(32)9-11-33-25(35)24(38-26(33)36)13-17-5-8-23-19(12-17)15-31-34(23)16-18-6-7-21(37-2)14-22(18)27(28,29)30/h5-8,12-15,20H,3-4,9-11,16H2,1-2H3. The van der Waals surface area contributed by atoms with Crippen LogP contribution in [0.4, 0.5) is 18.0 Å². The molecule has 200 valence electrons. The van der Waals surface area contributed by atoms with Crippen molar-refractivity contribution in [3.05, 3.63) is 64.2 Å². The summed E-state index contributed by atoms with van der Waals surface area (Å²) in [6.45, 7) is 1.36. The highest BCUT2D eigenvalue weighted by molar-refractivity contribution is 8.18. The van der Waals surface area contributed by atoms with E-state index in [9.17, 15) is 22.8 Å². The van der Waals surface area contributed by atoms with Crippen molar-refractivity contribution < 1.29 is 27.5 Å². The number of rotatable bonds is 7. The summed E-state index contributed by atoms with van der Waals surface area (Å²) in [5, 5.41) is 4.74. The molecular weight excluding hydrogens is 517 g/mol. The molecule has 5 rings (SSSR count). The van der Waals surface area contributed by atoms with E-state index in [1.807, 2.05) is 0 Å². The van der Waals surface area contributed by atoms with Crippen LogP contribution in [-0.2, 0) is 17.5 Å². The lowest BCUT2D eigenvalue weighted by Crippen LogP contribution is -2.34. The van der Waals surface area contributed by atoms with Gasteiger partial charge in [-0.2, -0.15) is 18.3 Å². The quantitative estimate of drug-likeness (QED) is 0.359. The Labute approximate surface area is 222 Å². The maximum absolute atomic E-state index is 13.6. The molecule has 3 heterocycles. The van der Waals surface area contributed by atoms with E-state index in [-0.39, 0.29) is 29.0 Å². The highest BCUT2D eigenvalue weighted by Crippen LogP contribution is 2.36. The number of hydrogen-bond acceptors (Lipinski definition) is 6. The topological polar surface area (TPSA) is 67.7 Å². The van der Waals surface area contributed by atoms with Gasteiger partial charge >= 0.3 is 6.18 Å². The van der Waals surface area contributed by atoms with Gasteiger partial charge in [0.2, 0.25) is 0 Å². The Kier molecular flexibility index (Phi) is 7.23. The monoisotopic (exact) mass is 544 g/mol. The fourth-order valence-electron chi connectivity index (χ4n) is 5.03. The summed E-state index contributed by atoms with van der Waals surface area (Å²) in [5.74, 6) is -0.165. The van der Waals surface area contributed by atoms with E-state index in [2.05, 4.69) is 17.0 Å². The molecule has 7 nitrogen and oxygen atoms in total. The van der Waals surface area contributed by atoms with Crippen molar-refractivity contribution >= 4 is 39.9 Å². The summed E-state index contributed by atoms with van der Waals surface area (Å²) in [4.78, 5) is 29.4. The maximum atomic E-state index is 13.6. The Morgan fingerprint density at radius 3 is 2.71 bits per heavy atom. The maximum Gasteiger partial charge on any atom is 0.416 e. The highest BCUT2D eigenvalue weighted by atomic mass is 32.2. The lowest BCUT2D eigenvalue weighted by molar-refractivity contribution is -0.138. The second-order valence-corrected chi connectivity index (χ2v) is 10.5. The van der Waals surface area contributed by atoms with Gasteiger partial charge < -0.3 is 9.64 Å². The molecule has 3 aromatic rings. The Morgan fingerprint density at radius 2 is 2.00 bits per heavy atom. The van der Waals surface area contributed by atoms with Crippen LogP contribution in [0.5, 0.6) is 5.75 Å². The Morgan fingerprint density at radius 1 is 1.18 bits per heavy atom. The van der Waals surface area contributed by atoms with Gasteiger partial charge in [0.05, 0.1) is 35.8 Å². The first-order chi connectivity index (χ1) is 18.1. The number of halogens is 3. The molecule has 2 aromatic carbocycles. The average Bonchev–Trinajstić information content (AvgIpc) is 3.55. The number of fused-ring (bicyclic) bond motifs is 1. The molecule has 0 N–H and O–H groups in total. The molecule has 38 heavy (non-hydrogen) atoms. The predicted molar refractivity (Wildman–Crippen MR) is 140 cm³/mol. The highest BCUT2D eigenvalue weighted by Gasteiger charge is 2.36. The van der Waals surface area contributed by atoms with Crippen LogP contribution in [-0.4, -0.2) is 64.0 Å². The number of hydrogen-bond donors (Lipinski definition) is 0. The molecule has 2 aliphatic heterocycles. The number of likely N-dealkylation sites (tertiary alicyclic amines) is 1. The van der Waals surface area contributed by atoms with Crippen molar-refractivity contribution in [2.45, 2.75) is 38.0 Å². The number of alkyl halides is 3. The van der Waals surface area contributed by atoms with Crippen LogP contribution < -0.4 is 4.74 Å². The molecule has 0 radical (unpaired) electrons. The van der Waals surface area contributed by atoms with Gasteiger partial charge in [0.15, 0.2) is 0 Å². The van der Waals surface area contributed by atoms with Crippen molar-refractivity contribution in [2.24, 2.45) is 0 Å². The Balaban J connectivity index is 1.33. The molecule has 0 saturated carbocycles. The zero-order valence-corrected chi connectivity index (χ0v) is 21.8. The van der Waals surface area contributed by atoms with Crippen LogP contribution in [0.1, 0.15) is 36.0 Å². The van der Waals surface area contributed by atoms with Crippen LogP contribution >= 0.6 is 11.8 Å². The molecule has 0 aliphatic carbocycles. The van der Waals surface area contributed by atoms with Crippen molar-refractivity contribution in [1.29, 1.82) is 0 Å². The van der Waals surface area contributed by atoms with E-state index in [0.29, 0.717) is 34.0 Å². The van der Waals surface area contributed by atoms with E-state index in [1.54, 1.807) is 30.5 Å². The fourth-order valence-corrected chi connectivity index (χ4v) is 5.90. The lowest BCUT2D eigenvalue weighted by atomic mass is 10.1. The zero-order chi connectivity index (χ0) is 27.0. The van der Waals surface area contributed by atoms with Gasteiger partial charge in [-0.1, -0.05) is 12.1 Å². The number of aromatic nitrogens is 2. The number of methoxy groups -OCH3 is 1. The van der Waals surface area contributed by atoms with Crippen molar-refractivity contribution in [3.63, 3.8) is 0 Å². The van der Waals surface area contributed by atoms with E-state index < -0.39 is 11.7 Å². The number of thioether (sulfide) groups is 1. The van der Waals surface area contributed by atoms with Crippen LogP contribution in [0, 0.1) is 0 Å². The number of benzene rings is 2. The first kappa shape index (κ1) is 26.3. The van der Waals surface area contributed by atoms with Gasteiger partial charge in [-0.15, -0.1) is 0 Å². The van der Waals surface area contributed by atoms with Gasteiger partial charge in [0, 0.05) is 18.0 Å². The number of carbonyl (C=O) groups is 2. The smallest absolute Gasteiger partial charge is 0.416 e.